The summed E-state index contributed by atoms with van der Waals surface area (Å²) in [5.74, 6) is -0.402. The maximum absolute atomic E-state index is 12.6. The standard InChI is InChI=1S/C43H79O9P/c1-3-5-7-9-11-13-15-17-19-20-22-24-26-28-30-32-34-36-49-39-42(40-51-53(47,48)50-38-41(45)37-44)52-43(46)35-33-31-29-27-25-23-21-18-16-14-12-10-8-6-4-2/h6,8,12,14,18-21,41-42,44-45H,3-5,7,9-11,13,15-17,22-40H2,1-2H3,(H,47,48)/b8-6-,14-12-,20-19-,21-18-. The van der Waals surface area contributed by atoms with Gasteiger partial charge in [-0.05, 0) is 70.6 Å². The molecule has 0 aromatic carbocycles. The van der Waals surface area contributed by atoms with E-state index >= 15 is 0 Å². The van der Waals surface area contributed by atoms with Gasteiger partial charge in [0.25, 0.3) is 0 Å². The fourth-order valence-corrected chi connectivity index (χ4v) is 6.33. The lowest BCUT2D eigenvalue weighted by molar-refractivity contribution is -0.154. The molecular formula is C43H79O9P. The van der Waals surface area contributed by atoms with Gasteiger partial charge < -0.3 is 24.6 Å². The van der Waals surface area contributed by atoms with E-state index < -0.39 is 39.2 Å². The molecule has 0 aliphatic rings. The zero-order valence-corrected chi connectivity index (χ0v) is 34.6. The number of esters is 1. The first kappa shape index (κ1) is 51.4. The number of hydrogen-bond acceptors (Lipinski definition) is 8. The molecule has 0 fully saturated rings. The van der Waals surface area contributed by atoms with Crippen LogP contribution < -0.4 is 0 Å². The van der Waals surface area contributed by atoms with Crippen molar-refractivity contribution in [2.24, 2.45) is 0 Å². The van der Waals surface area contributed by atoms with E-state index in [1.54, 1.807) is 0 Å². The van der Waals surface area contributed by atoms with Gasteiger partial charge in [0.2, 0.25) is 0 Å². The first-order chi connectivity index (χ1) is 25.8. The molecule has 3 unspecified atom stereocenters. The highest BCUT2D eigenvalue weighted by molar-refractivity contribution is 7.47. The van der Waals surface area contributed by atoms with Crippen molar-refractivity contribution in [3.05, 3.63) is 48.6 Å². The Morgan fingerprint density at radius 3 is 1.64 bits per heavy atom. The highest BCUT2D eigenvalue weighted by atomic mass is 31.2. The number of allylic oxidation sites excluding steroid dienone is 8. The van der Waals surface area contributed by atoms with E-state index in [4.69, 9.17) is 23.6 Å². The zero-order valence-electron chi connectivity index (χ0n) is 33.7. The minimum absolute atomic E-state index is 0.0371. The SMILES string of the molecule is CC/C=C\C/C=C\C/C=C\CCCCCCCC(=O)OC(COCCCCCCCC/C=C\CCCCCCCCC)COP(=O)(O)OCC(O)CO. The Hall–Kier alpha value is -1.58. The lowest BCUT2D eigenvalue weighted by atomic mass is 10.1. The van der Waals surface area contributed by atoms with Gasteiger partial charge in [-0.2, -0.15) is 0 Å². The van der Waals surface area contributed by atoms with Crippen LogP contribution in [0.1, 0.15) is 174 Å². The molecule has 3 N–H and O–H groups in total. The number of aliphatic hydroxyl groups excluding tert-OH is 2. The summed E-state index contributed by atoms with van der Waals surface area (Å²) in [5.41, 5.74) is 0. The summed E-state index contributed by atoms with van der Waals surface area (Å²) in [6, 6.07) is 0. The molecule has 53 heavy (non-hydrogen) atoms. The highest BCUT2D eigenvalue weighted by Crippen LogP contribution is 2.43. The van der Waals surface area contributed by atoms with Crippen molar-refractivity contribution in [1.82, 2.24) is 0 Å². The van der Waals surface area contributed by atoms with Gasteiger partial charge in [-0.15, -0.1) is 0 Å². The molecule has 0 spiro atoms. The average molecular weight is 771 g/mol. The number of phosphoric acid groups is 1. The lowest BCUT2D eigenvalue weighted by Gasteiger charge is -2.20. The fraction of sp³-hybridized carbons (Fsp3) is 0.791. The second-order valence-electron chi connectivity index (χ2n) is 14.0. The molecule has 0 aromatic heterocycles. The molecule has 0 aliphatic carbocycles. The van der Waals surface area contributed by atoms with E-state index in [1.165, 1.54) is 70.6 Å². The molecule has 0 amide bonds. The van der Waals surface area contributed by atoms with Crippen LogP contribution in [0, 0.1) is 0 Å². The Kier molecular flexibility index (Phi) is 38.9. The number of rotatable bonds is 40. The van der Waals surface area contributed by atoms with E-state index in [2.05, 4.69) is 62.5 Å². The number of carbonyl (C=O) groups excluding carboxylic acids is 1. The van der Waals surface area contributed by atoms with Crippen LogP contribution in [0.4, 0.5) is 0 Å². The van der Waals surface area contributed by atoms with Crippen molar-refractivity contribution in [3.8, 4) is 0 Å². The van der Waals surface area contributed by atoms with E-state index in [1.807, 2.05) is 0 Å². The number of carbonyl (C=O) groups is 1. The topological polar surface area (TPSA) is 132 Å². The van der Waals surface area contributed by atoms with Crippen LogP contribution in [0.2, 0.25) is 0 Å². The maximum atomic E-state index is 12.6. The molecule has 0 rings (SSSR count). The molecule has 310 valence electrons. The number of aliphatic hydroxyl groups is 2. The van der Waals surface area contributed by atoms with Crippen LogP contribution in [0.15, 0.2) is 48.6 Å². The third kappa shape index (κ3) is 39.9. The summed E-state index contributed by atoms with van der Waals surface area (Å²) in [4.78, 5) is 22.5. The van der Waals surface area contributed by atoms with Gasteiger partial charge in [0.1, 0.15) is 12.2 Å². The van der Waals surface area contributed by atoms with Gasteiger partial charge >= 0.3 is 13.8 Å². The molecule has 0 saturated carbocycles. The Bertz CT molecular complexity index is 965. The van der Waals surface area contributed by atoms with E-state index in [-0.39, 0.29) is 19.6 Å². The van der Waals surface area contributed by atoms with Crippen molar-refractivity contribution in [1.29, 1.82) is 0 Å². The third-order valence-corrected chi connectivity index (χ3v) is 9.70. The van der Waals surface area contributed by atoms with Crippen molar-refractivity contribution < 1.29 is 43.0 Å². The Morgan fingerprint density at radius 2 is 1.08 bits per heavy atom. The van der Waals surface area contributed by atoms with E-state index in [0.29, 0.717) is 13.0 Å². The minimum Gasteiger partial charge on any atom is -0.457 e. The molecule has 0 heterocycles. The predicted molar refractivity (Wildman–Crippen MR) is 219 cm³/mol. The summed E-state index contributed by atoms with van der Waals surface area (Å²) >= 11 is 0. The maximum Gasteiger partial charge on any atom is 0.472 e. The quantitative estimate of drug-likeness (QED) is 0.0241. The van der Waals surface area contributed by atoms with Crippen LogP contribution in [0.3, 0.4) is 0 Å². The van der Waals surface area contributed by atoms with Gasteiger partial charge in [-0.25, -0.2) is 4.57 Å². The van der Waals surface area contributed by atoms with Crippen LogP contribution >= 0.6 is 7.82 Å². The van der Waals surface area contributed by atoms with Crippen molar-refractivity contribution in [3.63, 3.8) is 0 Å². The summed E-state index contributed by atoms with van der Waals surface area (Å²) in [5, 5.41) is 18.3. The van der Waals surface area contributed by atoms with Crippen LogP contribution in [-0.2, 0) is 27.9 Å². The van der Waals surface area contributed by atoms with Crippen LogP contribution in [-0.4, -0.2) is 66.3 Å². The Balaban J connectivity index is 4.22. The summed E-state index contributed by atoms with van der Waals surface area (Å²) in [7, 11) is -4.52. The average Bonchev–Trinajstić information content (AvgIpc) is 3.15. The third-order valence-electron chi connectivity index (χ3n) is 8.75. The first-order valence-corrected chi connectivity index (χ1v) is 22.6. The monoisotopic (exact) mass is 771 g/mol. The van der Waals surface area contributed by atoms with Crippen molar-refractivity contribution in [2.45, 2.75) is 187 Å². The Labute approximate surface area is 324 Å². The van der Waals surface area contributed by atoms with Crippen LogP contribution in [0.25, 0.3) is 0 Å². The second kappa shape index (κ2) is 40.1. The number of unbranched alkanes of at least 4 members (excludes halogenated alkanes) is 18. The van der Waals surface area contributed by atoms with Crippen molar-refractivity contribution in [2.75, 3.05) is 33.0 Å². The molecule has 10 heteroatoms. The van der Waals surface area contributed by atoms with Gasteiger partial charge in [-0.3, -0.25) is 13.8 Å². The van der Waals surface area contributed by atoms with Crippen LogP contribution in [0.5, 0.6) is 0 Å². The van der Waals surface area contributed by atoms with Gasteiger partial charge in [0.15, 0.2) is 0 Å². The number of hydrogen-bond donors (Lipinski definition) is 3. The molecular weight excluding hydrogens is 691 g/mol. The largest absolute Gasteiger partial charge is 0.472 e. The molecule has 0 saturated heterocycles. The normalized spacial score (nSPS) is 14.6. The molecule has 0 bridgehead atoms. The molecule has 3 atom stereocenters. The summed E-state index contributed by atoms with van der Waals surface area (Å²) in [6.45, 7) is 3.36. The molecule has 9 nitrogen and oxygen atoms in total. The molecule has 0 aliphatic heterocycles. The van der Waals surface area contributed by atoms with Gasteiger partial charge in [0, 0.05) is 13.0 Å². The second-order valence-corrected chi connectivity index (χ2v) is 15.4. The first-order valence-electron chi connectivity index (χ1n) is 21.1. The predicted octanol–water partition coefficient (Wildman–Crippen LogP) is 11.4. The smallest absolute Gasteiger partial charge is 0.457 e. The lowest BCUT2D eigenvalue weighted by Crippen LogP contribution is -2.29. The Morgan fingerprint density at radius 1 is 0.604 bits per heavy atom. The fourth-order valence-electron chi connectivity index (χ4n) is 5.54. The highest BCUT2D eigenvalue weighted by Gasteiger charge is 2.26. The number of ether oxygens (including phenoxy) is 2. The summed E-state index contributed by atoms with van der Waals surface area (Å²) < 4.78 is 33.3. The zero-order chi connectivity index (χ0) is 38.9. The van der Waals surface area contributed by atoms with Gasteiger partial charge in [0.05, 0.1) is 26.4 Å². The van der Waals surface area contributed by atoms with E-state index in [0.717, 1.165) is 77.0 Å². The van der Waals surface area contributed by atoms with Gasteiger partial charge in [-0.1, -0.05) is 146 Å². The molecule has 0 aromatic rings. The summed E-state index contributed by atoms with van der Waals surface area (Å²) in [6.07, 6.45) is 43.5. The minimum atomic E-state index is -4.52. The number of phosphoric ester groups is 1. The molecule has 0 radical (unpaired) electrons. The van der Waals surface area contributed by atoms with Crippen molar-refractivity contribution >= 4 is 13.8 Å². The van der Waals surface area contributed by atoms with E-state index in [9.17, 15) is 19.4 Å².